The average Bonchev–Trinajstić information content (AvgIpc) is 2.72. The predicted molar refractivity (Wildman–Crippen MR) is 107 cm³/mol. The molecule has 0 aliphatic rings. The van der Waals surface area contributed by atoms with Crippen LogP contribution >= 0.6 is 0 Å². The van der Waals surface area contributed by atoms with Crippen LogP contribution in [0, 0.1) is 6.92 Å². The number of alkyl halides is 3. The largest absolute Gasteiger partial charge is 0.489 e. The lowest BCUT2D eigenvalue weighted by molar-refractivity contribution is -0.137. The first-order chi connectivity index (χ1) is 14.8. The minimum Gasteiger partial charge on any atom is -0.489 e. The Balaban J connectivity index is 1.76. The molecule has 1 aromatic heterocycles. The number of benzene rings is 2. The smallest absolute Gasteiger partial charge is 0.416 e. The molecule has 0 aliphatic carbocycles. The van der Waals surface area contributed by atoms with Crippen molar-refractivity contribution in [2.75, 3.05) is 32.2 Å². The van der Waals surface area contributed by atoms with Crippen LogP contribution < -0.4 is 14.8 Å². The standard InChI is InChI=1S/C21H20F3N3O4/c1-13-25-16-6-4-3-5-15(16)20(26-13)31-12-19(28)27-17-11-14(21(22,23)24)7-8-18(17)30-10-9-29-2/h3-8,11H,9-10,12H2,1-2H3,(H,27,28). The second-order valence-electron chi connectivity index (χ2n) is 6.48. The van der Waals surface area contributed by atoms with Crippen molar-refractivity contribution in [2.24, 2.45) is 0 Å². The van der Waals surface area contributed by atoms with E-state index in [0.29, 0.717) is 16.7 Å². The van der Waals surface area contributed by atoms with Gasteiger partial charge in [0.15, 0.2) is 6.61 Å². The number of nitrogens with one attached hydrogen (secondary N) is 1. The Labute approximate surface area is 176 Å². The first-order valence-electron chi connectivity index (χ1n) is 9.27. The van der Waals surface area contributed by atoms with Gasteiger partial charge in [-0.25, -0.2) is 4.98 Å². The summed E-state index contributed by atoms with van der Waals surface area (Å²) in [5.41, 5.74) is -0.388. The van der Waals surface area contributed by atoms with E-state index in [9.17, 15) is 18.0 Å². The van der Waals surface area contributed by atoms with E-state index in [1.165, 1.54) is 7.11 Å². The van der Waals surface area contributed by atoms with Crippen molar-refractivity contribution in [3.8, 4) is 11.6 Å². The van der Waals surface area contributed by atoms with Crippen LogP contribution in [0.2, 0.25) is 0 Å². The van der Waals surface area contributed by atoms with Crippen LogP contribution in [0.5, 0.6) is 11.6 Å². The zero-order valence-electron chi connectivity index (χ0n) is 16.8. The molecule has 10 heteroatoms. The summed E-state index contributed by atoms with van der Waals surface area (Å²) in [5.74, 6) is 0.0812. The number of amides is 1. The molecule has 0 saturated heterocycles. The summed E-state index contributed by atoms with van der Waals surface area (Å²) in [6, 6.07) is 9.95. The van der Waals surface area contributed by atoms with Gasteiger partial charge in [-0.1, -0.05) is 12.1 Å². The van der Waals surface area contributed by atoms with Crippen LogP contribution in [-0.2, 0) is 15.7 Å². The number of fused-ring (bicyclic) bond motifs is 1. The summed E-state index contributed by atoms with van der Waals surface area (Å²) in [5, 5.41) is 3.02. The van der Waals surface area contributed by atoms with Gasteiger partial charge in [-0.2, -0.15) is 18.2 Å². The summed E-state index contributed by atoms with van der Waals surface area (Å²) >= 11 is 0. The lowest BCUT2D eigenvalue weighted by atomic mass is 10.1. The number of nitrogens with zero attached hydrogens (tertiary/aromatic N) is 2. The van der Waals surface area contributed by atoms with Crippen LogP contribution in [0.15, 0.2) is 42.5 Å². The van der Waals surface area contributed by atoms with Gasteiger partial charge in [0.25, 0.3) is 5.91 Å². The van der Waals surface area contributed by atoms with Gasteiger partial charge < -0.3 is 19.5 Å². The van der Waals surface area contributed by atoms with E-state index in [2.05, 4.69) is 15.3 Å². The Kier molecular flexibility index (Phi) is 6.91. The summed E-state index contributed by atoms with van der Waals surface area (Å²) < 4.78 is 55.1. The molecule has 1 N–H and O–H groups in total. The monoisotopic (exact) mass is 435 g/mol. The van der Waals surface area contributed by atoms with Crippen molar-refractivity contribution in [3.05, 3.63) is 53.9 Å². The van der Waals surface area contributed by atoms with Crippen molar-refractivity contribution >= 4 is 22.5 Å². The Morgan fingerprint density at radius 3 is 2.58 bits per heavy atom. The quantitative estimate of drug-likeness (QED) is 0.539. The van der Waals surface area contributed by atoms with E-state index in [0.717, 1.165) is 18.2 Å². The fourth-order valence-corrected chi connectivity index (χ4v) is 2.75. The molecule has 0 fully saturated rings. The number of methoxy groups -OCH3 is 1. The molecule has 0 radical (unpaired) electrons. The molecule has 1 amide bonds. The second kappa shape index (κ2) is 9.61. The Hall–Kier alpha value is -3.40. The average molecular weight is 435 g/mol. The highest BCUT2D eigenvalue weighted by molar-refractivity contribution is 5.94. The molecule has 164 valence electrons. The van der Waals surface area contributed by atoms with E-state index >= 15 is 0 Å². The summed E-state index contributed by atoms with van der Waals surface area (Å²) in [7, 11) is 1.47. The van der Waals surface area contributed by atoms with E-state index in [1.54, 1.807) is 25.1 Å². The molecule has 31 heavy (non-hydrogen) atoms. The van der Waals surface area contributed by atoms with Gasteiger partial charge >= 0.3 is 6.18 Å². The van der Waals surface area contributed by atoms with Crippen molar-refractivity contribution in [2.45, 2.75) is 13.1 Å². The molecule has 0 atom stereocenters. The number of carbonyl (C=O) groups is 1. The zero-order valence-corrected chi connectivity index (χ0v) is 16.8. The van der Waals surface area contributed by atoms with Crippen molar-refractivity contribution < 1.29 is 32.2 Å². The second-order valence-corrected chi connectivity index (χ2v) is 6.48. The molecule has 0 saturated carbocycles. The molecule has 7 nitrogen and oxygen atoms in total. The number of carbonyl (C=O) groups excluding carboxylic acids is 1. The molecular formula is C21H20F3N3O4. The van der Waals surface area contributed by atoms with Gasteiger partial charge in [0.1, 0.15) is 18.2 Å². The number of ether oxygens (including phenoxy) is 3. The van der Waals surface area contributed by atoms with Crippen LogP contribution in [0.3, 0.4) is 0 Å². The van der Waals surface area contributed by atoms with Crippen LogP contribution in [-0.4, -0.2) is 42.8 Å². The maximum absolute atomic E-state index is 13.1. The number of hydrogen-bond acceptors (Lipinski definition) is 6. The third kappa shape index (κ3) is 5.82. The minimum absolute atomic E-state index is 0.0849. The number of anilines is 1. The van der Waals surface area contributed by atoms with Crippen LogP contribution in [0.4, 0.5) is 18.9 Å². The van der Waals surface area contributed by atoms with E-state index < -0.39 is 24.3 Å². The Morgan fingerprint density at radius 1 is 1.06 bits per heavy atom. The van der Waals surface area contributed by atoms with E-state index in [-0.39, 0.29) is 30.5 Å². The Morgan fingerprint density at radius 2 is 1.84 bits per heavy atom. The van der Waals surface area contributed by atoms with Gasteiger partial charge in [-0.05, 0) is 37.3 Å². The van der Waals surface area contributed by atoms with Crippen LogP contribution in [0.25, 0.3) is 10.9 Å². The normalized spacial score (nSPS) is 11.4. The summed E-state index contributed by atoms with van der Waals surface area (Å²) in [6.45, 7) is 1.56. The van der Waals surface area contributed by atoms with Gasteiger partial charge in [-0.3, -0.25) is 4.79 Å². The maximum atomic E-state index is 13.1. The molecule has 0 bridgehead atoms. The third-order valence-corrected chi connectivity index (χ3v) is 4.15. The molecular weight excluding hydrogens is 415 g/mol. The SMILES string of the molecule is COCCOc1ccc(C(F)(F)F)cc1NC(=O)COc1nc(C)nc2ccccc12. The highest BCUT2D eigenvalue weighted by Gasteiger charge is 2.31. The Bertz CT molecular complexity index is 1070. The predicted octanol–water partition coefficient (Wildman–Crippen LogP) is 4.00. The number of hydrogen-bond donors (Lipinski definition) is 1. The first-order valence-corrected chi connectivity index (χ1v) is 9.27. The highest BCUT2D eigenvalue weighted by Crippen LogP contribution is 2.35. The maximum Gasteiger partial charge on any atom is 0.416 e. The molecule has 0 aliphatic heterocycles. The van der Waals surface area contributed by atoms with Crippen molar-refractivity contribution in [1.82, 2.24) is 9.97 Å². The fourth-order valence-electron chi connectivity index (χ4n) is 2.75. The topological polar surface area (TPSA) is 82.6 Å². The van der Waals surface area contributed by atoms with Gasteiger partial charge in [0, 0.05) is 7.11 Å². The lowest BCUT2D eigenvalue weighted by Gasteiger charge is -2.15. The molecule has 3 rings (SSSR count). The number of rotatable bonds is 8. The van der Waals surface area contributed by atoms with E-state index in [1.807, 2.05) is 6.07 Å². The van der Waals surface area contributed by atoms with Crippen molar-refractivity contribution in [1.29, 1.82) is 0 Å². The third-order valence-electron chi connectivity index (χ3n) is 4.15. The highest BCUT2D eigenvalue weighted by atomic mass is 19.4. The molecule has 3 aromatic rings. The summed E-state index contributed by atoms with van der Waals surface area (Å²) in [4.78, 5) is 20.9. The minimum atomic E-state index is -4.57. The number of aromatic nitrogens is 2. The fraction of sp³-hybridized carbons (Fsp3) is 0.286. The number of aryl methyl sites for hydroxylation is 1. The summed E-state index contributed by atoms with van der Waals surface area (Å²) in [6.07, 6.45) is -4.57. The van der Waals surface area contributed by atoms with E-state index in [4.69, 9.17) is 14.2 Å². The molecule has 2 aromatic carbocycles. The zero-order chi connectivity index (χ0) is 22.4. The molecule has 0 spiro atoms. The van der Waals surface area contributed by atoms with Gasteiger partial charge in [-0.15, -0.1) is 0 Å². The molecule has 1 heterocycles. The molecule has 0 unspecified atom stereocenters. The van der Waals surface area contributed by atoms with Gasteiger partial charge in [0.05, 0.1) is 28.8 Å². The van der Waals surface area contributed by atoms with Crippen molar-refractivity contribution in [3.63, 3.8) is 0 Å². The van der Waals surface area contributed by atoms with Gasteiger partial charge in [0.2, 0.25) is 5.88 Å². The number of para-hydroxylation sites is 1. The van der Waals surface area contributed by atoms with Crippen LogP contribution in [0.1, 0.15) is 11.4 Å². The lowest BCUT2D eigenvalue weighted by Crippen LogP contribution is -2.22. The number of halogens is 3. The first kappa shape index (κ1) is 22.3.